The molecule has 0 aromatic heterocycles. The molecule has 0 radical (unpaired) electrons. The van der Waals surface area contributed by atoms with Gasteiger partial charge in [0.25, 0.3) is 0 Å². The summed E-state index contributed by atoms with van der Waals surface area (Å²) >= 11 is 0. The molecule has 1 amide bonds. The number of rotatable bonds is 0. The SMILES string of the molecule is O=C1NNCC2CCCCC12. The molecule has 0 aromatic carbocycles. The Kier molecular flexibility index (Phi) is 1.82. The number of hydrogen-bond donors (Lipinski definition) is 2. The second kappa shape index (κ2) is 2.81. The van der Waals surface area contributed by atoms with Crippen LogP contribution in [0.2, 0.25) is 0 Å². The fourth-order valence-electron chi connectivity index (χ4n) is 2.16. The van der Waals surface area contributed by atoms with E-state index >= 15 is 0 Å². The van der Waals surface area contributed by atoms with Crippen molar-refractivity contribution in [1.82, 2.24) is 10.9 Å². The predicted molar refractivity (Wildman–Crippen MR) is 41.6 cm³/mol. The average molecular weight is 154 g/mol. The van der Waals surface area contributed by atoms with Gasteiger partial charge in [0.05, 0.1) is 0 Å². The number of amides is 1. The Morgan fingerprint density at radius 2 is 2.09 bits per heavy atom. The highest BCUT2D eigenvalue weighted by Crippen LogP contribution is 2.30. The summed E-state index contributed by atoms with van der Waals surface area (Å²) in [4.78, 5) is 11.3. The van der Waals surface area contributed by atoms with Gasteiger partial charge in [0.1, 0.15) is 0 Å². The van der Waals surface area contributed by atoms with Crippen molar-refractivity contribution in [3.05, 3.63) is 0 Å². The van der Waals surface area contributed by atoms with E-state index in [1.807, 2.05) is 0 Å². The molecule has 2 fully saturated rings. The number of nitrogens with one attached hydrogen (secondary N) is 2. The number of hydrogen-bond acceptors (Lipinski definition) is 2. The Labute approximate surface area is 66.5 Å². The maximum Gasteiger partial charge on any atom is 0.237 e. The van der Waals surface area contributed by atoms with E-state index in [0.717, 1.165) is 13.0 Å². The first-order valence-corrected chi connectivity index (χ1v) is 4.40. The summed E-state index contributed by atoms with van der Waals surface area (Å²) in [5.74, 6) is 1.13. The Hall–Kier alpha value is -0.570. The normalized spacial score (nSPS) is 37.6. The molecule has 1 aliphatic heterocycles. The first-order chi connectivity index (χ1) is 5.38. The topological polar surface area (TPSA) is 41.1 Å². The lowest BCUT2D eigenvalue weighted by Gasteiger charge is -2.34. The van der Waals surface area contributed by atoms with Crippen LogP contribution in [-0.2, 0) is 4.79 Å². The van der Waals surface area contributed by atoms with Crippen molar-refractivity contribution >= 4 is 5.91 Å². The summed E-state index contributed by atoms with van der Waals surface area (Å²) in [5.41, 5.74) is 5.63. The van der Waals surface area contributed by atoms with Gasteiger partial charge in [-0.15, -0.1) is 0 Å². The van der Waals surface area contributed by atoms with Crippen LogP contribution in [0.5, 0.6) is 0 Å². The van der Waals surface area contributed by atoms with Crippen molar-refractivity contribution in [2.45, 2.75) is 25.7 Å². The van der Waals surface area contributed by atoms with Gasteiger partial charge in [0.2, 0.25) is 5.91 Å². The van der Waals surface area contributed by atoms with Crippen molar-refractivity contribution in [2.75, 3.05) is 6.54 Å². The number of carbonyl (C=O) groups is 1. The smallest absolute Gasteiger partial charge is 0.237 e. The monoisotopic (exact) mass is 154 g/mol. The van der Waals surface area contributed by atoms with Crippen LogP contribution in [0.15, 0.2) is 0 Å². The lowest BCUT2D eigenvalue weighted by molar-refractivity contribution is -0.131. The summed E-state index contributed by atoms with van der Waals surface area (Å²) in [7, 11) is 0. The first kappa shape index (κ1) is 7.10. The van der Waals surface area contributed by atoms with E-state index in [0.29, 0.717) is 11.8 Å². The summed E-state index contributed by atoms with van der Waals surface area (Å²) in [5, 5.41) is 0. The molecule has 0 spiro atoms. The molecule has 2 unspecified atom stereocenters. The molecular weight excluding hydrogens is 140 g/mol. The van der Waals surface area contributed by atoms with Crippen LogP contribution in [0.4, 0.5) is 0 Å². The van der Waals surface area contributed by atoms with Crippen LogP contribution >= 0.6 is 0 Å². The molecule has 0 aromatic rings. The largest absolute Gasteiger partial charge is 0.291 e. The van der Waals surface area contributed by atoms with Gasteiger partial charge < -0.3 is 0 Å². The first-order valence-electron chi connectivity index (χ1n) is 4.40. The highest BCUT2D eigenvalue weighted by atomic mass is 16.2. The van der Waals surface area contributed by atoms with E-state index in [9.17, 15) is 4.79 Å². The molecule has 0 bridgehead atoms. The van der Waals surface area contributed by atoms with E-state index < -0.39 is 0 Å². The Morgan fingerprint density at radius 1 is 1.27 bits per heavy atom. The van der Waals surface area contributed by atoms with Crippen molar-refractivity contribution in [3.63, 3.8) is 0 Å². The minimum atomic E-state index is 0.209. The lowest BCUT2D eigenvalue weighted by Crippen LogP contribution is -2.53. The van der Waals surface area contributed by atoms with Gasteiger partial charge in [-0.3, -0.25) is 10.2 Å². The minimum absolute atomic E-state index is 0.209. The average Bonchev–Trinajstić information content (AvgIpc) is 2.06. The Balaban J connectivity index is 2.05. The molecule has 2 atom stereocenters. The predicted octanol–water partition coefficient (Wildman–Crippen LogP) is 0.427. The van der Waals surface area contributed by atoms with E-state index in [2.05, 4.69) is 10.9 Å². The fourth-order valence-corrected chi connectivity index (χ4v) is 2.16. The van der Waals surface area contributed by atoms with Crippen LogP contribution in [0.1, 0.15) is 25.7 Å². The molecule has 1 saturated heterocycles. The standard InChI is InChI=1S/C8H14N2O/c11-8-7-4-2-1-3-6(7)5-9-10-8/h6-7,9H,1-5H2,(H,10,11). The molecule has 2 aliphatic rings. The van der Waals surface area contributed by atoms with Crippen LogP contribution in [0.3, 0.4) is 0 Å². The zero-order valence-electron chi connectivity index (χ0n) is 6.60. The van der Waals surface area contributed by atoms with Gasteiger partial charge >= 0.3 is 0 Å². The number of fused-ring (bicyclic) bond motifs is 1. The molecule has 3 nitrogen and oxygen atoms in total. The van der Waals surface area contributed by atoms with Gasteiger partial charge in [0, 0.05) is 12.5 Å². The maximum atomic E-state index is 11.3. The van der Waals surface area contributed by atoms with E-state index in [4.69, 9.17) is 0 Å². The van der Waals surface area contributed by atoms with E-state index in [1.165, 1.54) is 19.3 Å². The molecular formula is C8H14N2O. The second-order valence-electron chi connectivity index (χ2n) is 3.52. The van der Waals surface area contributed by atoms with Gasteiger partial charge in [-0.2, -0.15) is 0 Å². The molecule has 1 aliphatic carbocycles. The third-order valence-corrected chi connectivity index (χ3v) is 2.82. The fraction of sp³-hybridized carbons (Fsp3) is 0.875. The molecule has 2 N–H and O–H groups in total. The summed E-state index contributed by atoms with van der Waals surface area (Å²) in [6.45, 7) is 0.969. The minimum Gasteiger partial charge on any atom is -0.291 e. The molecule has 1 saturated carbocycles. The van der Waals surface area contributed by atoms with Gasteiger partial charge in [-0.25, -0.2) is 5.43 Å². The van der Waals surface area contributed by atoms with Crippen molar-refractivity contribution < 1.29 is 4.79 Å². The van der Waals surface area contributed by atoms with Gasteiger partial charge in [-0.1, -0.05) is 12.8 Å². The van der Waals surface area contributed by atoms with Crippen LogP contribution in [0.25, 0.3) is 0 Å². The highest BCUT2D eigenvalue weighted by molar-refractivity contribution is 5.79. The summed E-state index contributed by atoms with van der Waals surface area (Å²) in [6, 6.07) is 0. The van der Waals surface area contributed by atoms with Crippen LogP contribution in [-0.4, -0.2) is 12.5 Å². The summed E-state index contributed by atoms with van der Waals surface area (Å²) < 4.78 is 0. The zero-order valence-corrected chi connectivity index (χ0v) is 6.60. The number of hydrazine groups is 1. The van der Waals surface area contributed by atoms with Gasteiger partial charge in [0.15, 0.2) is 0 Å². The van der Waals surface area contributed by atoms with E-state index in [-0.39, 0.29) is 5.91 Å². The third kappa shape index (κ3) is 1.25. The molecule has 11 heavy (non-hydrogen) atoms. The quantitative estimate of drug-likeness (QED) is 0.531. The molecule has 3 heteroatoms. The van der Waals surface area contributed by atoms with E-state index in [1.54, 1.807) is 0 Å². The Morgan fingerprint density at radius 3 is 2.91 bits per heavy atom. The lowest BCUT2D eigenvalue weighted by atomic mass is 9.78. The molecule has 2 rings (SSSR count). The van der Waals surface area contributed by atoms with Crippen molar-refractivity contribution in [3.8, 4) is 0 Å². The molecule has 62 valence electrons. The highest BCUT2D eigenvalue weighted by Gasteiger charge is 2.33. The maximum absolute atomic E-state index is 11.3. The van der Waals surface area contributed by atoms with Crippen molar-refractivity contribution in [1.29, 1.82) is 0 Å². The third-order valence-electron chi connectivity index (χ3n) is 2.82. The van der Waals surface area contributed by atoms with Crippen molar-refractivity contribution in [2.24, 2.45) is 11.8 Å². The van der Waals surface area contributed by atoms with Crippen LogP contribution in [0, 0.1) is 11.8 Å². The van der Waals surface area contributed by atoms with Gasteiger partial charge in [-0.05, 0) is 18.8 Å². The number of carbonyl (C=O) groups excluding carboxylic acids is 1. The molecule has 1 heterocycles. The van der Waals surface area contributed by atoms with Crippen LogP contribution < -0.4 is 10.9 Å². The zero-order chi connectivity index (χ0) is 7.68. The second-order valence-corrected chi connectivity index (χ2v) is 3.52. The Bertz CT molecular complexity index is 167. The summed E-state index contributed by atoms with van der Waals surface area (Å²) in [6.07, 6.45) is 4.86.